The van der Waals surface area contributed by atoms with Crippen LogP contribution >= 0.6 is 0 Å². The highest BCUT2D eigenvalue weighted by molar-refractivity contribution is 5.40. The first-order valence-corrected chi connectivity index (χ1v) is 8.14. The second kappa shape index (κ2) is 7.68. The van der Waals surface area contributed by atoms with Gasteiger partial charge in [-0.3, -0.25) is 0 Å². The van der Waals surface area contributed by atoms with Gasteiger partial charge in [0.15, 0.2) is 0 Å². The monoisotopic (exact) mass is 275 g/mol. The van der Waals surface area contributed by atoms with Crippen molar-refractivity contribution in [1.82, 2.24) is 5.32 Å². The van der Waals surface area contributed by atoms with E-state index in [1.165, 1.54) is 49.7 Å². The molecule has 0 amide bonds. The van der Waals surface area contributed by atoms with Gasteiger partial charge in [-0.05, 0) is 44.4 Å². The Morgan fingerprint density at radius 2 is 2.00 bits per heavy atom. The van der Waals surface area contributed by atoms with E-state index < -0.39 is 0 Å². The number of aryl methyl sites for hydroxylation is 1. The molecule has 20 heavy (non-hydrogen) atoms. The van der Waals surface area contributed by atoms with Gasteiger partial charge in [0.05, 0.1) is 7.11 Å². The van der Waals surface area contributed by atoms with Crippen molar-refractivity contribution in [3.8, 4) is 5.75 Å². The molecule has 0 radical (unpaired) electrons. The third-order valence-corrected chi connectivity index (χ3v) is 4.46. The molecule has 0 heterocycles. The Bertz CT molecular complexity index is 416. The van der Waals surface area contributed by atoms with Crippen molar-refractivity contribution in [2.75, 3.05) is 13.7 Å². The summed E-state index contributed by atoms with van der Waals surface area (Å²) in [6.07, 6.45) is 7.84. The van der Waals surface area contributed by atoms with E-state index in [4.69, 9.17) is 4.74 Å². The molecule has 1 aliphatic carbocycles. The third-order valence-electron chi connectivity index (χ3n) is 4.46. The second-order valence-corrected chi connectivity index (χ2v) is 6.05. The fourth-order valence-corrected chi connectivity index (χ4v) is 3.40. The Kier molecular flexibility index (Phi) is 5.90. The van der Waals surface area contributed by atoms with E-state index in [0.717, 1.165) is 12.3 Å². The third kappa shape index (κ3) is 3.76. The van der Waals surface area contributed by atoms with Crippen molar-refractivity contribution in [2.45, 2.75) is 64.3 Å². The molecular formula is C18H29NO. The van der Waals surface area contributed by atoms with Gasteiger partial charge in [-0.2, -0.15) is 0 Å². The molecular weight excluding hydrogens is 246 g/mol. The number of nitrogens with one attached hydrogen (secondary N) is 1. The molecule has 2 heteroatoms. The van der Waals surface area contributed by atoms with Gasteiger partial charge in [0.25, 0.3) is 0 Å². The summed E-state index contributed by atoms with van der Waals surface area (Å²) in [7, 11) is 1.79. The topological polar surface area (TPSA) is 21.3 Å². The quantitative estimate of drug-likeness (QED) is 0.803. The van der Waals surface area contributed by atoms with Crippen LogP contribution in [0.4, 0.5) is 0 Å². The van der Waals surface area contributed by atoms with E-state index in [1.807, 2.05) is 0 Å². The summed E-state index contributed by atoms with van der Waals surface area (Å²) in [5.74, 6) is 1.66. The van der Waals surface area contributed by atoms with Crippen LogP contribution in [0.1, 0.15) is 62.5 Å². The van der Waals surface area contributed by atoms with Crippen molar-refractivity contribution in [3.05, 3.63) is 29.3 Å². The van der Waals surface area contributed by atoms with Gasteiger partial charge in [-0.25, -0.2) is 0 Å². The maximum Gasteiger partial charge on any atom is 0.122 e. The molecule has 2 nitrogen and oxygen atoms in total. The molecule has 1 fully saturated rings. The first-order valence-electron chi connectivity index (χ1n) is 8.14. The Morgan fingerprint density at radius 3 is 2.75 bits per heavy atom. The highest BCUT2D eigenvalue weighted by Crippen LogP contribution is 2.37. The minimum absolute atomic E-state index is 0.596. The van der Waals surface area contributed by atoms with Crippen LogP contribution in [0.5, 0.6) is 5.75 Å². The van der Waals surface area contributed by atoms with Crippen LogP contribution in [0.15, 0.2) is 18.2 Å². The van der Waals surface area contributed by atoms with Crippen molar-refractivity contribution >= 4 is 0 Å². The summed E-state index contributed by atoms with van der Waals surface area (Å²) in [4.78, 5) is 0. The van der Waals surface area contributed by atoms with Crippen LogP contribution in [0, 0.1) is 6.92 Å². The maximum absolute atomic E-state index is 5.62. The van der Waals surface area contributed by atoms with Gasteiger partial charge < -0.3 is 10.1 Å². The molecule has 0 spiro atoms. The summed E-state index contributed by atoms with van der Waals surface area (Å²) in [6.45, 7) is 5.54. The van der Waals surface area contributed by atoms with E-state index in [0.29, 0.717) is 12.0 Å². The molecule has 0 saturated heterocycles. The Balaban J connectivity index is 2.27. The van der Waals surface area contributed by atoms with Gasteiger partial charge in [-0.1, -0.05) is 43.9 Å². The predicted octanol–water partition coefficient (Wildman–Crippen LogP) is 4.42. The summed E-state index contributed by atoms with van der Waals surface area (Å²) in [6, 6.07) is 7.21. The SMILES string of the molecule is CCCNC1CCCCCC1c1cc(C)ccc1OC. The van der Waals surface area contributed by atoms with Crippen LogP contribution in [-0.4, -0.2) is 19.7 Å². The lowest BCUT2D eigenvalue weighted by atomic mass is 9.86. The average molecular weight is 275 g/mol. The van der Waals surface area contributed by atoms with Crippen LogP contribution in [0.25, 0.3) is 0 Å². The predicted molar refractivity (Wildman–Crippen MR) is 85.6 cm³/mol. The smallest absolute Gasteiger partial charge is 0.122 e. The fraction of sp³-hybridized carbons (Fsp3) is 0.667. The lowest BCUT2D eigenvalue weighted by Crippen LogP contribution is -2.35. The summed E-state index contributed by atoms with van der Waals surface area (Å²) < 4.78 is 5.62. The number of methoxy groups -OCH3 is 1. The van der Waals surface area contributed by atoms with Crippen molar-refractivity contribution in [1.29, 1.82) is 0 Å². The molecule has 112 valence electrons. The average Bonchev–Trinajstić information content (AvgIpc) is 2.70. The molecule has 1 aromatic rings. The zero-order valence-corrected chi connectivity index (χ0v) is 13.2. The van der Waals surface area contributed by atoms with Crippen molar-refractivity contribution in [2.24, 2.45) is 0 Å². The fourth-order valence-electron chi connectivity index (χ4n) is 3.40. The first kappa shape index (κ1) is 15.4. The van der Waals surface area contributed by atoms with Crippen molar-refractivity contribution in [3.63, 3.8) is 0 Å². The van der Waals surface area contributed by atoms with Gasteiger partial charge in [0.1, 0.15) is 5.75 Å². The van der Waals surface area contributed by atoms with Gasteiger partial charge in [0.2, 0.25) is 0 Å². The highest BCUT2D eigenvalue weighted by Gasteiger charge is 2.26. The second-order valence-electron chi connectivity index (χ2n) is 6.05. The number of hydrogen-bond acceptors (Lipinski definition) is 2. The highest BCUT2D eigenvalue weighted by atomic mass is 16.5. The number of rotatable bonds is 5. The standard InChI is InChI=1S/C18H29NO/c1-4-12-19-17-9-7-5-6-8-15(17)16-13-14(2)10-11-18(16)20-3/h10-11,13,15,17,19H,4-9,12H2,1-3H3. The van der Waals surface area contributed by atoms with E-state index >= 15 is 0 Å². The minimum Gasteiger partial charge on any atom is -0.496 e. The zero-order valence-electron chi connectivity index (χ0n) is 13.2. The summed E-state index contributed by atoms with van der Waals surface area (Å²) >= 11 is 0. The molecule has 0 bridgehead atoms. The number of benzene rings is 1. The molecule has 1 aromatic carbocycles. The van der Waals surface area contributed by atoms with Crippen LogP contribution in [0.2, 0.25) is 0 Å². The number of hydrogen-bond donors (Lipinski definition) is 1. The maximum atomic E-state index is 5.62. The normalized spacial score (nSPS) is 23.4. The Hall–Kier alpha value is -1.02. The molecule has 0 aliphatic heterocycles. The van der Waals surface area contributed by atoms with Gasteiger partial charge >= 0.3 is 0 Å². The zero-order chi connectivity index (χ0) is 14.4. The van der Waals surface area contributed by atoms with Crippen LogP contribution < -0.4 is 10.1 Å². The van der Waals surface area contributed by atoms with E-state index in [-0.39, 0.29) is 0 Å². The van der Waals surface area contributed by atoms with E-state index in [2.05, 4.69) is 37.4 Å². The lowest BCUT2D eigenvalue weighted by molar-refractivity contribution is 0.376. The minimum atomic E-state index is 0.596. The summed E-state index contributed by atoms with van der Waals surface area (Å²) in [5, 5.41) is 3.78. The van der Waals surface area contributed by atoms with Gasteiger partial charge in [-0.15, -0.1) is 0 Å². The van der Waals surface area contributed by atoms with Gasteiger partial charge in [0, 0.05) is 12.0 Å². The molecule has 2 atom stereocenters. The van der Waals surface area contributed by atoms with E-state index in [1.54, 1.807) is 7.11 Å². The molecule has 1 aliphatic rings. The lowest BCUT2D eigenvalue weighted by Gasteiger charge is -2.28. The van der Waals surface area contributed by atoms with Crippen molar-refractivity contribution < 1.29 is 4.74 Å². The number of ether oxygens (including phenoxy) is 1. The van der Waals surface area contributed by atoms with Crippen LogP contribution in [-0.2, 0) is 0 Å². The first-order chi connectivity index (χ1) is 9.76. The van der Waals surface area contributed by atoms with Crippen LogP contribution in [0.3, 0.4) is 0 Å². The molecule has 2 rings (SSSR count). The molecule has 1 saturated carbocycles. The summed E-state index contributed by atoms with van der Waals surface area (Å²) in [5.41, 5.74) is 2.74. The molecule has 0 aromatic heterocycles. The molecule has 2 unspecified atom stereocenters. The Labute approximate surface area is 123 Å². The largest absolute Gasteiger partial charge is 0.496 e. The molecule has 1 N–H and O–H groups in total. The van der Waals surface area contributed by atoms with E-state index in [9.17, 15) is 0 Å². The Morgan fingerprint density at radius 1 is 1.20 bits per heavy atom.